The van der Waals surface area contributed by atoms with Crippen LogP contribution in [0.15, 0.2) is 30.3 Å². The molecule has 23 heavy (non-hydrogen) atoms. The molecule has 0 aromatic heterocycles. The van der Waals surface area contributed by atoms with Crippen molar-refractivity contribution in [2.45, 2.75) is 19.3 Å². The molecule has 2 aromatic rings. The number of hydrogen-bond donors (Lipinski definition) is 1. The Bertz CT molecular complexity index is 725. The van der Waals surface area contributed by atoms with Gasteiger partial charge in [-0.15, -0.1) is 0 Å². The summed E-state index contributed by atoms with van der Waals surface area (Å²) in [7, 11) is 0. The highest BCUT2D eigenvalue weighted by molar-refractivity contribution is 6.05. The van der Waals surface area contributed by atoms with E-state index in [-0.39, 0.29) is 5.91 Å². The number of amides is 1. The first-order valence-corrected chi connectivity index (χ1v) is 8.45. The van der Waals surface area contributed by atoms with Gasteiger partial charge in [0, 0.05) is 37.1 Å². The van der Waals surface area contributed by atoms with Gasteiger partial charge in [-0.2, -0.15) is 0 Å². The summed E-state index contributed by atoms with van der Waals surface area (Å²) in [4.78, 5) is 14.6. The van der Waals surface area contributed by atoms with E-state index in [4.69, 9.17) is 4.74 Å². The van der Waals surface area contributed by atoms with Crippen molar-refractivity contribution >= 4 is 22.4 Å². The standard InChI is InChI=1S/C19H22N2O2/c22-18(8-9-21-10-12-23-13-11-21)20-17-7-6-15-5-4-14-2-1-3-16(17)19(14)15/h1-3,6-7H,4-5,8-13H2,(H,20,22). The van der Waals surface area contributed by atoms with Crippen LogP contribution >= 0.6 is 0 Å². The fourth-order valence-corrected chi connectivity index (χ4v) is 3.65. The fraction of sp³-hybridized carbons (Fsp3) is 0.421. The van der Waals surface area contributed by atoms with Crippen molar-refractivity contribution in [2.24, 2.45) is 0 Å². The van der Waals surface area contributed by atoms with Gasteiger partial charge < -0.3 is 10.1 Å². The van der Waals surface area contributed by atoms with E-state index >= 15 is 0 Å². The van der Waals surface area contributed by atoms with Crippen molar-refractivity contribution in [1.29, 1.82) is 0 Å². The Morgan fingerprint density at radius 3 is 2.70 bits per heavy atom. The van der Waals surface area contributed by atoms with Crippen LogP contribution in [0.25, 0.3) is 10.8 Å². The van der Waals surface area contributed by atoms with Crippen LogP contribution in [0, 0.1) is 0 Å². The second kappa shape index (κ2) is 6.30. The van der Waals surface area contributed by atoms with E-state index in [0.29, 0.717) is 6.42 Å². The minimum absolute atomic E-state index is 0.0928. The number of hydrogen-bond acceptors (Lipinski definition) is 3. The lowest BCUT2D eigenvalue weighted by Crippen LogP contribution is -2.38. The maximum absolute atomic E-state index is 12.3. The summed E-state index contributed by atoms with van der Waals surface area (Å²) in [6, 6.07) is 10.6. The number of carbonyl (C=O) groups excluding carboxylic acids is 1. The van der Waals surface area contributed by atoms with Crippen molar-refractivity contribution in [3.8, 4) is 0 Å². The lowest BCUT2D eigenvalue weighted by Gasteiger charge is -2.26. The van der Waals surface area contributed by atoms with Gasteiger partial charge in [-0.1, -0.05) is 24.3 Å². The van der Waals surface area contributed by atoms with Crippen LogP contribution in [-0.4, -0.2) is 43.7 Å². The second-order valence-electron chi connectivity index (χ2n) is 6.36. The smallest absolute Gasteiger partial charge is 0.225 e. The molecule has 1 aliphatic heterocycles. The van der Waals surface area contributed by atoms with E-state index in [1.165, 1.54) is 21.9 Å². The van der Waals surface area contributed by atoms with Gasteiger partial charge in [0.05, 0.1) is 13.2 Å². The van der Waals surface area contributed by atoms with Crippen LogP contribution in [0.5, 0.6) is 0 Å². The summed E-state index contributed by atoms with van der Waals surface area (Å²) in [6.45, 7) is 4.20. The predicted octanol–water partition coefficient (Wildman–Crippen LogP) is 2.60. The molecule has 0 bridgehead atoms. The molecule has 0 atom stereocenters. The van der Waals surface area contributed by atoms with Gasteiger partial charge in [0.25, 0.3) is 0 Å². The molecule has 1 amide bonds. The van der Waals surface area contributed by atoms with E-state index < -0.39 is 0 Å². The zero-order chi connectivity index (χ0) is 15.6. The molecule has 4 heteroatoms. The minimum Gasteiger partial charge on any atom is -0.379 e. The van der Waals surface area contributed by atoms with E-state index in [0.717, 1.165) is 51.4 Å². The zero-order valence-electron chi connectivity index (χ0n) is 13.3. The number of nitrogens with zero attached hydrogens (tertiary/aromatic N) is 1. The van der Waals surface area contributed by atoms with Crippen molar-refractivity contribution < 1.29 is 9.53 Å². The highest BCUT2D eigenvalue weighted by atomic mass is 16.5. The second-order valence-corrected chi connectivity index (χ2v) is 6.36. The Kier molecular flexibility index (Phi) is 4.02. The van der Waals surface area contributed by atoms with Crippen LogP contribution < -0.4 is 5.32 Å². The minimum atomic E-state index is 0.0928. The van der Waals surface area contributed by atoms with Gasteiger partial charge in [-0.05, 0) is 35.4 Å². The van der Waals surface area contributed by atoms with Crippen molar-refractivity contribution in [2.75, 3.05) is 38.2 Å². The molecule has 4 nitrogen and oxygen atoms in total. The van der Waals surface area contributed by atoms with Gasteiger partial charge in [0.1, 0.15) is 0 Å². The first-order chi connectivity index (χ1) is 11.3. The SMILES string of the molecule is O=C(CCN1CCOCC1)Nc1ccc2c3c(cccc13)CC2. The van der Waals surface area contributed by atoms with E-state index in [9.17, 15) is 4.79 Å². The number of benzene rings is 2. The van der Waals surface area contributed by atoms with Crippen LogP contribution in [0.4, 0.5) is 5.69 Å². The Morgan fingerprint density at radius 2 is 1.87 bits per heavy atom. The molecule has 2 aromatic carbocycles. The molecule has 0 unspecified atom stereocenters. The van der Waals surface area contributed by atoms with Gasteiger partial charge >= 0.3 is 0 Å². The molecule has 1 N–H and O–H groups in total. The van der Waals surface area contributed by atoms with E-state index in [1.54, 1.807) is 0 Å². The summed E-state index contributed by atoms with van der Waals surface area (Å²) in [6.07, 6.45) is 2.76. The highest BCUT2D eigenvalue weighted by Crippen LogP contribution is 2.34. The average molecular weight is 310 g/mol. The maximum atomic E-state index is 12.3. The summed E-state index contributed by atoms with van der Waals surface area (Å²) < 4.78 is 5.34. The summed E-state index contributed by atoms with van der Waals surface area (Å²) in [5.41, 5.74) is 3.75. The molecule has 0 radical (unpaired) electrons. The third-order valence-electron chi connectivity index (χ3n) is 4.91. The summed E-state index contributed by atoms with van der Waals surface area (Å²) in [5, 5.41) is 5.63. The molecule has 120 valence electrons. The molecule has 4 rings (SSSR count). The van der Waals surface area contributed by atoms with Gasteiger partial charge in [-0.25, -0.2) is 0 Å². The van der Waals surface area contributed by atoms with Crippen LogP contribution in [0.3, 0.4) is 0 Å². The summed E-state index contributed by atoms with van der Waals surface area (Å²) >= 11 is 0. The summed E-state index contributed by atoms with van der Waals surface area (Å²) in [5.74, 6) is 0.0928. The molecule has 0 spiro atoms. The molecule has 1 fully saturated rings. The van der Waals surface area contributed by atoms with Gasteiger partial charge in [0.15, 0.2) is 0 Å². The van der Waals surface area contributed by atoms with Gasteiger partial charge in [0.2, 0.25) is 5.91 Å². The third-order valence-corrected chi connectivity index (χ3v) is 4.91. The number of carbonyl (C=O) groups is 1. The number of aryl methyl sites for hydroxylation is 2. The van der Waals surface area contributed by atoms with Crippen LogP contribution in [0.2, 0.25) is 0 Å². The third kappa shape index (κ3) is 2.96. The zero-order valence-corrected chi connectivity index (χ0v) is 13.3. The molecular weight excluding hydrogens is 288 g/mol. The first kappa shape index (κ1) is 14.7. The monoisotopic (exact) mass is 310 g/mol. The highest BCUT2D eigenvalue weighted by Gasteiger charge is 2.17. The van der Waals surface area contributed by atoms with Crippen molar-refractivity contribution in [3.63, 3.8) is 0 Å². The Labute approximate surface area is 136 Å². The molecule has 1 saturated heterocycles. The first-order valence-electron chi connectivity index (χ1n) is 8.45. The normalized spacial score (nSPS) is 17.6. The fourth-order valence-electron chi connectivity index (χ4n) is 3.65. The number of ether oxygens (including phenoxy) is 1. The lowest BCUT2D eigenvalue weighted by molar-refractivity contribution is -0.116. The predicted molar refractivity (Wildman–Crippen MR) is 91.9 cm³/mol. The molecule has 2 aliphatic rings. The molecule has 1 heterocycles. The van der Waals surface area contributed by atoms with Gasteiger partial charge in [-0.3, -0.25) is 9.69 Å². The lowest BCUT2D eigenvalue weighted by atomic mass is 10.0. The molecule has 1 aliphatic carbocycles. The Balaban J connectivity index is 1.46. The Hall–Kier alpha value is -1.91. The quantitative estimate of drug-likeness (QED) is 0.944. The largest absolute Gasteiger partial charge is 0.379 e. The van der Waals surface area contributed by atoms with Crippen LogP contribution in [-0.2, 0) is 22.4 Å². The van der Waals surface area contributed by atoms with Crippen molar-refractivity contribution in [3.05, 3.63) is 41.5 Å². The van der Waals surface area contributed by atoms with Crippen LogP contribution in [0.1, 0.15) is 17.5 Å². The Morgan fingerprint density at radius 1 is 1.09 bits per heavy atom. The number of rotatable bonds is 4. The average Bonchev–Trinajstić information content (AvgIpc) is 3.01. The molecular formula is C19H22N2O2. The topological polar surface area (TPSA) is 41.6 Å². The number of morpholine rings is 1. The van der Waals surface area contributed by atoms with E-state index in [2.05, 4.69) is 40.5 Å². The number of nitrogens with one attached hydrogen (secondary N) is 1. The van der Waals surface area contributed by atoms with E-state index in [1.807, 2.05) is 0 Å². The molecule has 0 saturated carbocycles. The maximum Gasteiger partial charge on any atom is 0.225 e. The van der Waals surface area contributed by atoms with Crippen molar-refractivity contribution in [1.82, 2.24) is 4.90 Å². The number of anilines is 1.